The van der Waals surface area contributed by atoms with E-state index in [0.717, 1.165) is 22.9 Å². The molecule has 0 bridgehead atoms. The van der Waals surface area contributed by atoms with Crippen molar-refractivity contribution in [1.29, 1.82) is 0 Å². The molecule has 0 aliphatic carbocycles. The van der Waals surface area contributed by atoms with Crippen LogP contribution in [0.5, 0.6) is 0 Å². The number of rotatable bonds is 3. The third kappa shape index (κ3) is 2.41. The van der Waals surface area contributed by atoms with Gasteiger partial charge < -0.3 is 0 Å². The van der Waals surface area contributed by atoms with Gasteiger partial charge in [0.05, 0.1) is 5.69 Å². The standard InChI is InChI=1S/C12H13NS2/c1-9-11(7-8-14)15-12(13-9)10-5-3-2-4-6-10/h2-6,14H,7-8H2,1H3. The molecule has 0 aliphatic rings. The van der Waals surface area contributed by atoms with E-state index < -0.39 is 0 Å². The lowest BCUT2D eigenvalue weighted by molar-refractivity contribution is 1.13. The summed E-state index contributed by atoms with van der Waals surface area (Å²) in [4.78, 5) is 5.93. The molecule has 0 radical (unpaired) electrons. The number of hydrogen-bond donors (Lipinski definition) is 1. The summed E-state index contributed by atoms with van der Waals surface area (Å²) in [5, 5.41) is 1.12. The van der Waals surface area contributed by atoms with Gasteiger partial charge in [0.1, 0.15) is 5.01 Å². The molecular weight excluding hydrogens is 222 g/mol. The predicted molar refractivity (Wildman–Crippen MR) is 69.8 cm³/mol. The largest absolute Gasteiger partial charge is 0.241 e. The molecule has 1 nitrogen and oxygen atoms in total. The Kier molecular flexibility index (Phi) is 3.44. The quantitative estimate of drug-likeness (QED) is 0.802. The van der Waals surface area contributed by atoms with E-state index in [2.05, 4.69) is 36.7 Å². The number of benzene rings is 1. The van der Waals surface area contributed by atoms with Crippen LogP contribution in [0.25, 0.3) is 10.6 Å². The summed E-state index contributed by atoms with van der Waals surface area (Å²) < 4.78 is 0. The Labute approximate surface area is 99.6 Å². The highest BCUT2D eigenvalue weighted by atomic mass is 32.1. The molecule has 1 aromatic carbocycles. The number of thiazole rings is 1. The van der Waals surface area contributed by atoms with Crippen LogP contribution in [0.3, 0.4) is 0 Å². The van der Waals surface area contributed by atoms with E-state index in [0.29, 0.717) is 0 Å². The fraction of sp³-hybridized carbons (Fsp3) is 0.250. The molecule has 0 saturated heterocycles. The third-order valence-electron chi connectivity index (χ3n) is 2.25. The molecule has 2 rings (SSSR count). The highest BCUT2D eigenvalue weighted by molar-refractivity contribution is 7.80. The first-order valence-electron chi connectivity index (χ1n) is 4.94. The van der Waals surface area contributed by atoms with E-state index in [9.17, 15) is 0 Å². The van der Waals surface area contributed by atoms with Crippen molar-refractivity contribution in [3.63, 3.8) is 0 Å². The summed E-state index contributed by atoms with van der Waals surface area (Å²) in [7, 11) is 0. The van der Waals surface area contributed by atoms with Crippen molar-refractivity contribution >= 4 is 24.0 Å². The first-order valence-corrected chi connectivity index (χ1v) is 6.38. The average Bonchev–Trinajstić information content (AvgIpc) is 2.63. The molecule has 1 aromatic heterocycles. The van der Waals surface area contributed by atoms with Gasteiger partial charge in [-0.2, -0.15) is 12.6 Å². The summed E-state index contributed by atoms with van der Waals surface area (Å²) in [6.07, 6.45) is 1.01. The lowest BCUT2D eigenvalue weighted by Gasteiger charge is -1.93. The smallest absolute Gasteiger partial charge is 0.123 e. The fourth-order valence-corrected chi connectivity index (χ4v) is 2.91. The molecule has 0 amide bonds. The van der Waals surface area contributed by atoms with E-state index in [1.807, 2.05) is 18.2 Å². The van der Waals surface area contributed by atoms with Gasteiger partial charge in [-0.1, -0.05) is 30.3 Å². The molecule has 3 heteroatoms. The van der Waals surface area contributed by atoms with Gasteiger partial charge in [-0.15, -0.1) is 11.3 Å². The van der Waals surface area contributed by atoms with Crippen LogP contribution < -0.4 is 0 Å². The van der Waals surface area contributed by atoms with Gasteiger partial charge in [-0.05, 0) is 19.1 Å². The number of nitrogens with zero attached hydrogens (tertiary/aromatic N) is 1. The molecule has 0 spiro atoms. The van der Waals surface area contributed by atoms with E-state index in [1.54, 1.807) is 11.3 Å². The van der Waals surface area contributed by atoms with Gasteiger partial charge in [-0.3, -0.25) is 0 Å². The van der Waals surface area contributed by atoms with Crippen LogP contribution in [0.4, 0.5) is 0 Å². The van der Waals surface area contributed by atoms with Crippen molar-refractivity contribution in [2.75, 3.05) is 5.75 Å². The molecule has 0 saturated carbocycles. The molecule has 2 aromatic rings. The van der Waals surface area contributed by atoms with E-state index in [-0.39, 0.29) is 0 Å². The van der Waals surface area contributed by atoms with Gasteiger partial charge >= 0.3 is 0 Å². The molecule has 0 atom stereocenters. The fourth-order valence-electron chi connectivity index (χ4n) is 1.47. The number of aryl methyl sites for hydroxylation is 2. The van der Waals surface area contributed by atoms with Crippen LogP contribution in [-0.2, 0) is 6.42 Å². The number of hydrogen-bond acceptors (Lipinski definition) is 3. The molecule has 15 heavy (non-hydrogen) atoms. The molecule has 1 heterocycles. The van der Waals surface area contributed by atoms with Gasteiger partial charge in [0, 0.05) is 10.4 Å². The van der Waals surface area contributed by atoms with Crippen LogP contribution in [0, 0.1) is 6.92 Å². The zero-order valence-corrected chi connectivity index (χ0v) is 10.3. The first-order chi connectivity index (χ1) is 7.31. The van der Waals surface area contributed by atoms with Crippen molar-refractivity contribution in [3.8, 4) is 10.6 Å². The molecule has 0 N–H and O–H groups in total. The van der Waals surface area contributed by atoms with Crippen molar-refractivity contribution < 1.29 is 0 Å². The summed E-state index contributed by atoms with van der Waals surface area (Å²) in [6, 6.07) is 10.3. The molecule has 78 valence electrons. The van der Waals surface area contributed by atoms with Crippen LogP contribution >= 0.6 is 24.0 Å². The Balaban J connectivity index is 2.34. The molecule has 0 unspecified atom stereocenters. The summed E-state index contributed by atoms with van der Waals surface area (Å²) in [5.41, 5.74) is 2.35. The molecule has 0 fully saturated rings. The minimum Gasteiger partial charge on any atom is -0.241 e. The molecular formula is C12H13NS2. The van der Waals surface area contributed by atoms with Crippen LogP contribution in [0.1, 0.15) is 10.6 Å². The number of thiol groups is 1. The average molecular weight is 235 g/mol. The van der Waals surface area contributed by atoms with Gasteiger partial charge in [0.25, 0.3) is 0 Å². The summed E-state index contributed by atoms with van der Waals surface area (Å²) >= 11 is 6.03. The normalized spacial score (nSPS) is 10.5. The molecule has 0 aliphatic heterocycles. The lowest BCUT2D eigenvalue weighted by Crippen LogP contribution is -1.84. The van der Waals surface area contributed by atoms with E-state index >= 15 is 0 Å². The van der Waals surface area contributed by atoms with E-state index in [1.165, 1.54) is 10.4 Å². The minimum atomic E-state index is 0.886. The van der Waals surface area contributed by atoms with Gasteiger partial charge in [0.2, 0.25) is 0 Å². The maximum atomic E-state index is 4.58. The maximum Gasteiger partial charge on any atom is 0.123 e. The third-order valence-corrected chi connectivity index (χ3v) is 3.74. The second kappa shape index (κ2) is 4.81. The van der Waals surface area contributed by atoms with Crippen LogP contribution in [-0.4, -0.2) is 10.7 Å². The second-order valence-corrected chi connectivity index (χ2v) is 4.90. The monoisotopic (exact) mass is 235 g/mol. The van der Waals surface area contributed by atoms with Gasteiger partial charge in [0.15, 0.2) is 0 Å². The van der Waals surface area contributed by atoms with Crippen molar-refractivity contribution in [3.05, 3.63) is 40.9 Å². The highest BCUT2D eigenvalue weighted by Crippen LogP contribution is 2.27. The predicted octanol–water partition coefficient (Wildman–Crippen LogP) is 3.59. The second-order valence-electron chi connectivity index (χ2n) is 3.37. The summed E-state index contributed by atoms with van der Waals surface area (Å²) in [5.74, 6) is 0.886. The summed E-state index contributed by atoms with van der Waals surface area (Å²) in [6.45, 7) is 2.07. The SMILES string of the molecule is Cc1nc(-c2ccccc2)sc1CCS. The van der Waals surface area contributed by atoms with Crippen molar-refractivity contribution in [2.24, 2.45) is 0 Å². The first kappa shape index (κ1) is 10.7. The zero-order chi connectivity index (χ0) is 10.7. The lowest BCUT2D eigenvalue weighted by atomic mass is 10.2. The Morgan fingerprint density at radius 1 is 1.27 bits per heavy atom. The Morgan fingerprint density at radius 3 is 2.67 bits per heavy atom. The Bertz CT molecular complexity index is 434. The minimum absolute atomic E-state index is 0.886. The Hall–Kier alpha value is -0.800. The van der Waals surface area contributed by atoms with Crippen molar-refractivity contribution in [2.45, 2.75) is 13.3 Å². The van der Waals surface area contributed by atoms with Gasteiger partial charge in [-0.25, -0.2) is 4.98 Å². The number of aromatic nitrogens is 1. The van der Waals surface area contributed by atoms with Crippen LogP contribution in [0.15, 0.2) is 30.3 Å². The topological polar surface area (TPSA) is 12.9 Å². The maximum absolute atomic E-state index is 4.58. The zero-order valence-electron chi connectivity index (χ0n) is 8.60. The highest BCUT2D eigenvalue weighted by Gasteiger charge is 2.07. The van der Waals surface area contributed by atoms with Crippen molar-refractivity contribution in [1.82, 2.24) is 4.98 Å². The van der Waals surface area contributed by atoms with Crippen LogP contribution in [0.2, 0.25) is 0 Å². The van der Waals surface area contributed by atoms with E-state index in [4.69, 9.17) is 0 Å². The Morgan fingerprint density at radius 2 is 2.00 bits per heavy atom.